The smallest absolute Gasteiger partial charge is 0.257 e. The molecule has 5 rings (SSSR count). The third-order valence-electron chi connectivity index (χ3n) is 5.95. The number of β-amino-alcohol motifs (C(OH)–C–C–N with tert-alkyl or cyclic N) is 1. The van der Waals surface area contributed by atoms with Gasteiger partial charge in [0.2, 0.25) is 0 Å². The van der Waals surface area contributed by atoms with Crippen LogP contribution in [0.5, 0.6) is 0 Å². The molecule has 4 heterocycles. The van der Waals surface area contributed by atoms with E-state index in [1.807, 2.05) is 12.3 Å². The second kappa shape index (κ2) is 7.86. The van der Waals surface area contributed by atoms with Gasteiger partial charge in [-0.15, -0.1) is 0 Å². The zero-order chi connectivity index (χ0) is 22.5. The zero-order valence-corrected chi connectivity index (χ0v) is 18.4. The second-order valence-electron chi connectivity index (χ2n) is 8.10. The number of benzene rings is 1. The molecule has 0 radical (unpaired) electrons. The topological polar surface area (TPSA) is 81.9 Å². The number of nitrogens with zero attached hydrogens (tertiary/aromatic N) is 3. The first-order chi connectivity index (χ1) is 15.4. The Balaban J connectivity index is 1.47. The Bertz CT molecular complexity index is 1240. The summed E-state index contributed by atoms with van der Waals surface area (Å²) in [5.41, 5.74) is -1.16. The van der Waals surface area contributed by atoms with Crippen LogP contribution in [0.2, 0.25) is 0 Å². The Kier molecular flexibility index (Phi) is 5.13. The van der Waals surface area contributed by atoms with Crippen LogP contribution >= 0.6 is 15.9 Å². The van der Waals surface area contributed by atoms with Crippen LogP contribution in [0.15, 0.2) is 53.5 Å². The molecule has 2 aliphatic rings. The number of imidazole rings is 1. The zero-order valence-electron chi connectivity index (χ0n) is 16.9. The number of allylic oxidation sites excluding steroid dienone is 1. The summed E-state index contributed by atoms with van der Waals surface area (Å²) in [6.07, 6.45) is 9.83. The van der Waals surface area contributed by atoms with Crippen LogP contribution in [0.3, 0.4) is 0 Å². The molecule has 2 aromatic heterocycles. The van der Waals surface area contributed by atoms with Gasteiger partial charge in [0.1, 0.15) is 11.4 Å². The van der Waals surface area contributed by atoms with Crippen molar-refractivity contribution in [3.63, 3.8) is 0 Å². The maximum atomic E-state index is 15.3. The fourth-order valence-electron chi connectivity index (χ4n) is 4.22. The van der Waals surface area contributed by atoms with Crippen molar-refractivity contribution in [1.29, 1.82) is 0 Å². The highest BCUT2D eigenvalue weighted by Gasteiger charge is 2.49. The molecule has 1 fully saturated rings. The van der Waals surface area contributed by atoms with E-state index in [1.165, 1.54) is 40.0 Å². The molecule has 1 amide bonds. The Morgan fingerprint density at radius 1 is 1.34 bits per heavy atom. The van der Waals surface area contributed by atoms with E-state index in [1.54, 1.807) is 6.07 Å². The number of carbonyl (C=O) groups is 1. The molecule has 2 aliphatic heterocycles. The number of aromatic nitrogens is 2. The minimum atomic E-state index is -1.05. The molecule has 7 nitrogen and oxygen atoms in total. The Hall–Kier alpha value is -2.98. The molecule has 0 spiro atoms. The average molecular weight is 504 g/mol. The van der Waals surface area contributed by atoms with Crippen molar-refractivity contribution in [1.82, 2.24) is 19.6 Å². The molecule has 0 bridgehead atoms. The van der Waals surface area contributed by atoms with Crippen molar-refractivity contribution in [3.05, 3.63) is 70.7 Å². The third-order valence-corrected chi connectivity index (χ3v) is 6.44. The number of hydrogen-bond acceptors (Lipinski definition) is 5. The maximum Gasteiger partial charge on any atom is 0.257 e. The molecule has 3 aromatic rings. The van der Waals surface area contributed by atoms with E-state index < -0.39 is 23.1 Å². The van der Waals surface area contributed by atoms with Crippen molar-refractivity contribution in [3.8, 4) is 0 Å². The number of hydrogen-bond donors (Lipinski definition) is 3. The van der Waals surface area contributed by atoms with Crippen LogP contribution in [0, 0.1) is 11.6 Å². The Morgan fingerprint density at radius 2 is 2.16 bits per heavy atom. The van der Waals surface area contributed by atoms with E-state index in [2.05, 4.69) is 31.5 Å². The van der Waals surface area contributed by atoms with Gasteiger partial charge in [0.05, 0.1) is 36.1 Å². The SMILES string of the molecule is O=C(c1cn2ccnc2c(F)c1Nc1ccc(Br)cc1F)N1CC(O)([C@@H]2CCC=CN2)C1. The number of anilines is 2. The highest BCUT2D eigenvalue weighted by atomic mass is 79.9. The lowest BCUT2D eigenvalue weighted by Gasteiger charge is -2.51. The normalized spacial score (nSPS) is 19.5. The van der Waals surface area contributed by atoms with E-state index in [0.717, 1.165) is 12.8 Å². The Labute approximate surface area is 190 Å². The molecule has 1 saturated heterocycles. The highest BCUT2D eigenvalue weighted by Crippen LogP contribution is 2.34. The molecule has 32 heavy (non-hydrogen) atoms. The van der Waals surface area contributed by atoms with Gasteiger partial charge in [0.25, 0.3) is 5.91 Å². The summed E-state index contributed by atoms with van der Waals surface area (Å²) in [5.74, 6) is -1.83. The number of pyridine rings is 1. The molecule has 0 aliphatic carbocycles. The van der Waals surface area contributed by atoms with Crippen molar-refractivity contribution in [2.75, 3.05) is 18.4 Å². The number of fused-ring (bicyclic) bond motifs is 1. The van der Waals surface area contributed by atoms with E-state index in [-0.39, 0.29) is 41.7 Å². The van der Waals surface area contributed by atoms with E-state index in [4.69, 9.17) is 0 Å². The quantitative estimate of drug-likeness (QED) is 0.507. The number of likely N-dealkylation sites (tertiary alicyclic amines) is 1. The predicted octanol–water partition coefficient (Wildman–Crippen LogP) is 3.57. The van der Waals surface area contributed by atoms with Gasteiger partial charge in [-0.2, -0.15) is 0 Å². The molecule has 1 aromatic carbocycles. The van der Waals surface area contributed by atoms with Gasteiger partial charge in [-0.05, 0) is 37.2 Å². The predicted molar refractivity (Wildman–Crippen MR) is 119 cm³/mol. The minimum Gasteiger partial charge on any atom is -0.385 e. The third kappa shape index (κ3) is 3.53. The number of amides is 1. The lowest BCUT2D eigenvalue weighted by Crippen LogP contribution is -2.71. The fraction of sp³-hybridized carbons (Fsp3) is 0.273. The lowest BCUT2D eigenvalue weighted by molar-refractivity contribution is -0.104. The summed E-state index contributed by atoms with van der Waals surface area (Å²) in [6, 6.07) is 4.16. The lowest BCUT2D eigenvalue weighted by atomic mass is 9.82. The number of nitrogens with one attached hydrogen (secondary N) is 2. The summed E-state index contributed by atoms with van der Waals surface area (Å²) < 4.78 is 31.7. The van der Waals surface area contributed by atoms with Crippen LogP contribution < -0.4 is 10.6 Å². The van der Waals surface area contributed by atoms with E-state index >= 15 is 4.39 Å². The first-order valence-electron chi connectivity index (χ1n) is 10.2. The molecule has 166 valence electrons. The number of rotatable bonds is 4. The van der Waals surface area contributed by atoms with Crippen molar-refractivity contribution in [2.24, 2.45) is 0 Å². The van der Waals surface area contributed by atoms with Gasteiger partial charge in [0, 0.05) is 23.1 Å². The van der Waals surface area contributed by atoms with Crippen molar-refractivity contribution in [2.45, 2.75) is 24.5 Å². The van der Waals surface area contributed by atoms with Crippen LogP contribution in [-0.2, 0) is 0 Å². The molecule has 0 unspecified atom stereocenters. The van der Waals surface area contributed by atoms with Crippen molar-refractivity contribution >= 4 is 38.9 Å². The van der Waals surface area contributed by atoms with Gasteiger partial charge in [-0.3, -0.25) is 4.79 Å². The number of aliphatic hydroxyl groups is 1. The summed E-state index contributed by atoms with van der Waals surface area (Å²) in [5, 5.41) is 16.8. The van der Waals surface area contributed by atoms with Crippen LogP contribution in [0.1, 0.15) is 23.2 Å². The summed E-state index contributed by atoms with van der Waals surface area (Å²) in [4.78, 5) is 18.8. The van der Waals surface area contributed by atoms with Gasteiger partial charge in [0.15, 0.2) is 11.5 Å². The molecular formula is C22H20BrF2N5O2. The molecular weight excluding hydrogens is 484 g/mol. The summed E-state index contributed by atoms with van der Waals surface area (Å²) in [6.45, 7) is 0.236. The van der Waals surface area contributed by atoms with Gasteiger partial charge >= 0.3 is 0 Å². The molecule has 3 N–H and O–H groups in total. The highest BCUT2D eigenvalue weighted by molar-refractivity contribution is 9.10. The molecule has 1 atom stereocenters. The van der Waals surface area contributed by atoms with Crippen LogP contribution in [-0.4, -0.2) is 50.0 Å². The van der Waals surface area contributed by atoms with Gasteiger partial charge in [-0.25, -0.2) is 13.8 Å². The van der Waals surface area contributed by atoms with E-state index in [9.17, 15) is 14.3 Å². The number of halogens is 3. The maximum absolute atomic E-state index is 15.3. The fourth-order valence-corrected chi connectivity index (χ4v) is 4.55. The first-order valence-corrected chi connectivity index (χ1v) is 10.9. The minimum absolute atomic E-state index is 0.0138. The molecule has 0 saturated carbocycles. The van der Waals surface area contributed by atoms with Gasteiger partial charge < -0.3 is 25.0 Å². The largest absolute Gasteiger partial charge is 0.385 e. The number of carbonyl (C=O) groups excluding carboxylic acids is 1. The van der Waals surface area contributed by atoms with Crippen LogP contribution in [0.25, 0.3) is 5.65 Å². The van der Waals surface area contributed by atoms with E-state index in [0.29, 0.717) is 4.47 Å². The van der Waals surface area contributed by atoms with Crippen LogP contribution in [0.4, 0.5) is 20.2 Å². The average Bonchev–Trinajstić information content (AvgIpc) is 3.24. The monoisotopic (exact) mass is 503 g/mol. The van der Waals surface area contributed by atoms with Crippen molar-refractivity contribution < 1.29 is 18.7 Å². The first kappa shape index (κ1) is 20.9. The summed E-state index contributed by atoms with van der Waals surface area (Å²) >= 11 is 3.19. The Morgan fingerprint density at radius 3 is 2.88 bits per heavy atom. The second-order valence-corrected chi connectivity index (χ2v) is 9.02. The van der Waals surface area contributed by atoms with Gasteiger partial charge in [-0.1, -0.05) is 22.0 Å². The standard InChI is InChI=1S/C22H20BrF2N5O2/c23-13-4-5-16(15(24)9-13)28-19-14(10-29-8-7-27-20(29)18(19)25)21(31)30-11-22(32,12-30)17-3-1-2-6-26-17/h2,4-10,17,26,28,32H,1,3,11-12H2/t17-/m0/s1. The molecule has 10 heteroatoms. The summed E-state index contributed by atoms with van der Waals surface area (Å²) in [7, 11) is 0.